The molecule has 0 radical (unpaired) electrons. The van der Waals surface area contributed by atoms with Crippen molar-refractivity contribution in [1.29, 1.82) is 0 Å². The molecule has 0 bridgehead atoms. The van der Waals surface area contributed by atoms with E-state index in [1.54, 1.807) is 11.3 Å². The van der Waals surface area contributed by atoms with E-state index >= 15 is 0 Å². The molecule has 0 aromatic carbocycles. The molecule has 2 atom stereocenters. The minimum Gasteiger partial charge on any atom is -0.381 e. The first-order valence-corrected chi connectivity index (χ1v) is 6.62. The first-order valence-electron chi connectivity index (χ1n) is 5.68. The lowest BCUT2D eigenvalue weighted by atomic mass is 9.96. The molecule has 84 valence electrons. The minimum atomic E-state index is 0.570. The number of anilines is 1. The molecule has 1 aromatic heterocycles. The van der Waals surface area contributed by atoms with E-state index in [1.165, 1.54) is 24.1 Å². The van der Waals surface area contributed by atoms with Crippen LogP contribution in [0.2, 0.25) is 0 Å². The summed E-state index contributed by atoms with van der Waals surface area (Å²) >= 11 is 1.77. The molecule has 1 saturated heterocycles. The van der Waals surface area contributed by atoms with E-state index in [2.05, 4.69) is 29.9 Å². The third kappa shape index (κ3) is 2.52. The fraction of sp³-hybridized carbons (Fsp3) is 0.667. The second kappa shape index (κ2) is 4.99. The summed E-state index contributed by atoms with van der Waals surface area (Å²) < 4.78 is 5.45. The van der Waals surface area contributed by atoms with Gasteiger partial charge in [0.25, 0.3) is 0 Å². The van der Waals surface area contributed by atoms with Crippen LogP contribution in [0.5, 0.6) is 0 Å². The predicted octanol–water partition coefficient (Wildman–Crippen LogP) is 3.28. The summed E-state index contributed by atoms with van der Waals surface area (Å²) in [6.45, 7) is 6.27. The van der Waals surface area contributed by atoms with E-state index in [0.29, 0.717) is 12.0 Å². The van der Waals surface area contributed by atoms with Crippen LogP contribution in [0.4, 0.5) is 5.69 Å². The normalized spacial score (nSPS) is 22.9. The molecule has 1 aromatic rings. The van der Waals surface area contributed by atoms with E-state index in [0.717, 1.165) is 13.2 Å². The SMILES string of the molecule is CCC(Nc1cscc1C)C1CCOC1. The quantitative estimate of drug-likeness (QED) is 0.849. The molecule has 1 aliphatic rings. The van der Waals surface area contributed by atoms with Gasteiger partial charge in [-0.25, -0.2) is 0 Å². The van der Waals surface area contributed by atoms with Gasteiger partial charge in [-0.05, 0) is 30.7 Å². The highest BCUT2D eigenvalue weighted by molar-refractivity contribution is 7.08. The smallest absolute Gasteiger partial charge is 0.0514 e. The highest BCUT2D eigenvalue weighted by Gasteiger charge is 2.24. The molecule has 0 aliphatic carbocycles. The second-order valence-corrected chi connectivity index (χ2v) is 4.99. The Hall–Kier alpha value is -0.540. The summed E-state index contributed by atoms with van der Waals surface area (Å²) in [5.41, 5.74) is 2.66. The zero-order valence-corrected chi connectivity index (χ0v) is 10.3. The lowest BCUT2D eigenvalue weighted by molar-refractivity contribution is 0.182. The van der Waals surface area contributed by atoms with Crippen LogP contribution < -0.4 is 5.32 Å². The molecule has 15 heavy (non-hydrogen) atoms. The van der Waals surface area contributed by atoms with Gasteiger partial charge in [-0.1, -0.05) is 6.92 Å². The van der Waals surface area contributed by atoms with Gasteiger partial charge in [-0.15, -0.1) is 11.3 Å². The first-order chi connectivity index (χ1) is 7.31. The molecule has 3 heteroatoms. The van der Waals surface area contributed by atoms with Crippen molar-refractivity contribution >= 4 is 17.0 Å². The van der Waals surface area contributed by atoms with Gasteiger partial charge in [0.15, 0.2) is 0 Å². The number of thiophene rings is 1. The summed E-state index contributed by atoms with van der Waals surface area (Å²) in [5.74, 6) is 0.689. The third-order valence-corrected chi connectivity index (χ3v) is 4.03. The third-order valence-electron chi connectivity index (χ3n) is 3.17. The Kier molecular flexibility index (Phi) is 3.65. The fourth-order valence-electron chi connectivity index (χ4n) is 2.13. The molecule has 0 amide bonds. The van der Waals surface area contributed by atoms with Gasteiger partial charge in [0.05, 0.1) is 6.61 Å². The van der Waals surface area contributed by atoms with Crippen LogP contribution in [-0.4, -0.2) is 19.3 Å². The van der Waals surface area contributed by atoms with Crippen LogP contribution in [0, 0.1) is 12.8 Å². The van der Waals surface area contributed by atoms with E-state index in [1.807, 2.05) is 0 Å². The van der Waals surface area contributed by atoms with E-state index in [-0.39, 0.29) is 0 Å². The highest BCUT2D eigenvalue weighted by atomic mass is 32.1. The molecular weight excluding hydrogens is 206 g/mol. The summed E-state index contributed by atoms with van der Waals surface area (Å²) in [4.78, 5) is 0. The van der Waals surface area contributed by atoms with Gasteiger partial charge in [-0.2, -0.15) is 0 Å². The van der Waals surface area contributed by atoms with E-state index in [9.17, 15) is 0 Å². The molecule has 0 spiro atoms. The Labute approximate surface area is 95.6 Å². The van der Waals surface area contributed by atoms with Crippen molar-refractivity contribution in [2.24, 2.45) is 5.92 Å². The van der Waals surface area contributed by atoms with Gasteiger partial charge < -0.3 is 10.1 Å². The Bertz CT molecular complexity index is 304. The van der Waals surface area contributed by atoms with Crippen LogP contribution in [-0.2, 0) is 4.74 Å². The molecule has 2 nitrogen and oxygen atoms in total. The Balaban J connectivity index is 1.98. The van der Waals surface area contributed by atoms with Crippen molar-refractivity contribution in [3.05, 3.63) is 16.3 Å². The van der Waals surface area contributed by atoms with Crippen molar-refractivity contribution in [2.75, 3.05) is 18.5 Å². The van der Waals surface area contributed by atoms with Gasteiger partial charge in [0.1, 0.15) is 0 Å². The van der Waals surface area contributed by atoms with Crippen molar-refractivity contribution < 1.29 is 4.74 Å². The first kappa shape index (κ1) is 11.0. The zero-order chi connectivity index (χ0) is 10.7. The number of nitrogens with one attached hydrogen (secondary N) is 1. The summed E-state index contributed by atoms with van der Waals surface area (Å²) in [6, 6.07) is 0.570. The molecular formula is C12H19NOS. The maximum atomic E-state index is 5.45. The fourth-order valence-corrected chi connectivity index (χ4v) is 2.92. The minimum absolute atomic E-state index is 0.570. The molecule has 0 saturated carbocycles. The standard InChI is InChI=1S/C12H19NOS/c1-3-11(10-4-5-14-6-10)13-12-8-15-7-9(12)2/h7-8,10-11,13H,3-6H2,1-2H3. The second-order valence-electron chi connectivity index (χ2n) is 4.25. The summed E-state index contributed by atoms with van der Waals surface area (Å²) in [6.07, 6.45) is 2.37. The van der Waals surface area contributed by atoms with Crippen LogP contribution in [0.25, 0.3) is 0 Å². The number of ether oxygens (including phenoxy) is 1. The average Bonchev–Trinajstić information content (AvgIpc) is 2.86. The number of aryl methyl sites for hydroxylation is 1. The monoisotopic (exact) mass is 225 g/mol. The van der Waals surface area contributed by atoms with Gasteiger partial charge in [0.2, 0.25) is 0 Å². The number of rotatable bonds is 4. The Morgan fingerprint density at radius 2 is 2.47 bits per heavy atom. The van der Waals surface area contributed by atoms with Gasteiger partial charge >= 0.3 is 0 Å². The van der Waals surface area contributed by atoms with Gasteiger partial charge in [0, 0.05) is 29.6 Å². The van der Waals surface area contributed by atoms with Crippen molar-refractivity contribution in [3.8, 4) is 0 Å². The maximum Gasteiger partial charge on any atom is 0.0514 e. The predicted molar refractivity (Wildman–Crippen MR) is 65.7 cm³/mol. The van der Waals surface area contributed by atoms with E-state index < -0.39 is 0 Å². The maximum absolute atomic E-state index is 5.45. The highest BCUT2D eigenvalue weighted by Crippen LogP contribution is 2.26. The van der Waals surface area contributed by atoms with Crippen molar-refractivity contribution in [3.63, 3.8) is 0 Å². The number of hydrogen-bond acceptors (Lipinski definition) is 3. The average molecular weight is 225 g/mol. The van der Waals surface area contributed by atoms with Crippen LogP contribution in [0.15, 0.2) is 10.8 Å². The lowest BCUT2D eigenvalue weighted by Crippen LogP contribution is -2.28. The van der Waals surface area contributed by atoms with Crippen LogP contribution in [0.1, 0.15) is 25.3 Å². The zero-order valence-electron chi connectivity index (χ0n) is 9.45. The topological polar surface area (TPSA) is 21.3 Å². The van der Waals surface area contributed by atoms with Crippen molar-refractivity contribution in [1.82, 2.24) is 0 Å². The lowest BCUT2D eigenvalue weighted by Gasteiger charge is -2.23. The molecule has 2 rings (SSSR count). The van der Waals surface area contributed by atoms with Crippen molar-refractivity contribution in [2.45, 2.75) is 32.7 Å². The number of hydrogen-bond donors (Lipinski definition) is 1. The molecule has 1 N–H and O–H groups in total. The van der Waals surface area contributed by atoms with Crippen LogP contribution in [0.3, 0.4) is 0 Å². The van der Waals surface area contributed by atoms with Crippen LogP contribution >= 0.6 is 11.3 Å². The Morgan fingerprint density at radius 1 is 1.60 bits per heavy atom. The van der Waals surface area contributed by atoms with E-state index in [4.69, 9.17) is 4.74 Å². The molecule has 1 aliphatic heterocycles. The largest absolute Gasteiger partial charge is 0.381 e. The Morgan fingerprint density at radius 3 is 3.00 bits per heavy atom. The van der Waals surface area contributed by atoms with Gasteiger partial charge in [-0.3, -0.25) is 0 Å². The summed E-state index contributed by atoms with van der Waals surface area (Å²) in [5, 5.41) is 8.05. The molecule has 1 fully saturated rings. The molecule has 2 unspecified atom stereocenters. The molecule has 2 heterocycles. The summed E-state index contributed by atoms with van der Waals surface area (Å²) in [7, 11) is 0.